The zero-order chi connectivity index (χ0) is 21.4. The Kier molecular flexibility index (Phi) is 6.74. The van der Waals surface area contributed by atoms with Crippen LogP contribution in [0.25, 0.3) is 0 Å². The fraction of sp³-hybridized carbons (Fsp3) is 0.880. The molecule has 0 spiro atoms. The van der Waals surface area contributed by atoms with Crippen LogP contribution < -0.4 is 0 Å². The molecular weight excluding hydrogens is 376 g/mol. The summed E-state index contributed by atoms with van der Waals surface area (Å²) in [4.78, 5) is 12.4. The number of Topliss-reactive ketones (excluding diaryl/α,β-unsaturated/α-hetero) is 1. The van der Waals surface area contributed by atoms with Crippen molar-refractivity contribution in [1.82, 2.24) is 0 Å². The molecule has 3 rings (SSSR count). The van der Waals surface area contributed by atoms with Crippen LogP contribution in [0.1, 0.15) is 85.5 Å². The third kappa shape index (κ3) is 4.39. The lowest BCUT2D eigenvalue weighted by atomic mass is 9.48. The first-order valence-electron chi connectivity index (χ1n) is 11.9. The summed E-state index contributed by atoms with van der Waals surface area (Å²) in [6.07, 6.45) is 8.83. The van der Waals surface area contributed by atoms with Gasteiger partial charge in [-0.05, 0) is 62.1 Å². The van der Waals surface area contributed by atoms with E-state index in [1.165, 1.54) is 32.1 Å². The number of carbonyl (C=O) groups is 1. The molecule has 3 aliphatic carbocycles. The van der Waals surface area contributed by atoms with Crippen LogP contribution in [0.4, 0.5) is 0 Å². The fourth-order valence-electron chi connectivity index (χ4n) is 5.51. The lowest BCUT2D eigenvalue weighted by Gasteiger charge is -2.54. The highest BCUT2D eigenvalue weighted by Gasteiger charge is 2.59. The van der Waals surface area contributed by atoms with E-state index < -0.39 is 14.4 Å². The highest BCUT2D eigenvalue weighted by molar-refractivity contribution is 6.74. The van der Waals surface area contributed by atoms with Crippen molar-refractivity contribution in [3.05, 3.63) is 0 Å². The number of aliphatic hydroxyl groups is 1. The minimum absolute atomic E-state index is 0.0304. The molecule has 0 aliphatic heterocycles. The van der Waals surface area contributed by atoms with Crippen molar-refractivity contribution in [3.63, 3.8) is 0 Å². The fourth-order valence-corrected chi connectivity index (χ4v) is 6.75. The first-order valence-corrected chi connectivity index (χ1v) is 14.8. The summed E-state index contributed by atoms with van der Waals surface area (Å²) >= 11 is 0. The standard InChI is InChI=1S/C25H42O3Si/c1-7-25-16-15-21(26)19(20(25)17-23(25)27)13-14-22(18-11-9-8-10-12-18)28-29(5,6)24(2,3)4/h18-22,26H,7-12,15-17H2,1-6H3. The molecule has 0 aromatic carbocycles. The summed E-state index contributed by atoms with van der Waals surface area (Å²) in [5.41, 5.74) is -0.209. The Morgan fingerprint density at radius 3 is 2.41 bits per heavy atom. The van der Waals surface area contributed by atoms with Crippen LogP contribution in [-0.4, -0.2) is 31.4 Å². The van der Waals surface area contributed by atoms with Crippen molar-refractivity contribution >= 4 is 14.1 Å². The topological polar surface area (TPSA) is 46.5 Å². The van der Waals surface area contributed by atoms with Gasteiger partial charge in [0.1, 0.15) is 11.9 Å². The molecule has 0 bridgehead atoms. The van der Waals surface area contributed by atoms with Gasteiger partial charge in [0, 0.05) is 11.8 Å². The van der Waals surface area contributed by atoms with Crippen molar-refractivity contribution in [2.24, 2.45) is 23.2 Å². The Morgan fingerprint density at radius 2 is 1.86 bits per heavy atom. The van der Waals surface area contributed by atoms with E-state index in [4.69, 9.17) is 4.43 Å². The molecule has 1 N–H and O–H groups in total. The molecule has 0 aromatic rings. The lowest BCUT2D eigenvalue weighted by Crippen LogP contribution is -2.58. The molecule has 3 saturated carbocycles. The summed E-state index contributed by atoms with van der Waals surface area (Å²) in [6, 6.07) is 0. The van der Waals surface area contributed by atoms with Gasteiger partial charge in [0.25, 0.3) is 0 Å². The van der Waals surface area contributed by atoms with Gasteiger partial charge in [0.15, 0.2) is 8.32 Å². The van der Waals surface area contributed by atoms with Gasteiger partial charge < -0.3 is 9.53 Å². The second-order valence-electron chi connectivity index (χ2n) is 11.4. The molecule has 3 nitrogen and oxygen atoms in total. The number of fused-ring (bicyclic) bond motifs is 1. The Morgan fingerprint density at radius 1 is 1.21 bits per heavy atom. The van der Waals surface area contributed by atoms with E-state index in [9.17, 15) is 9.90 Å². The zero-order valence-electron chi connectivity index (χ0n) is 19.5. The number of carbonyl (C=O) groups excluding carboxylic acids is 1. The molecule has 0 saturated heterocycles. The average molecular weight is 419 g/mol. The minimum Gasteiger partial charge on any atom is -0.403 e. The predicted molar refractivity (Wildman–Crippen MR) is 121 cm³/mol. The third-order valence-corrected chi connectivity index (χ3v) is 13.2. The van der Waals surface area contributed by atoms with Gasteiger partial charge in [0.2, 0.25) is 0 Å². The number of hydrogen-bond donors (Lipinski definition) is 1. The quantitative estimate of drug-likeness (QED) is 0.469. The summed E-state index contributed by atoms with van der Waals surface area (Å²) < 4.78 is 6.84. The molecule has 0 heterocycles. The van der Waals surface area contributed by atoms with Crippen LogP contribution >= 0.6 is 0 Å². The van der Waals surface area contributed by atoms with Crippen molar-refractivity contribution in [3.8, 4) is 11.8 Å². The van der Waals surface area contributed by atoms with E-state index in [1.54, 1.807) is 0 Å². The number of ketones is 1. The predicted octanol–water partition coefficient (Wildman–Crippen LogP) is 5.72. The molecule has 164 valence electrons. The van der Waals surface area contributed by atoms with Crippen LogP contribution in [0, 0.1) is 35.0 Å². The number of aliphatic hydroxyl groups excluding tert-OH is 1. The molecule has 3 fully saturated rings. The average Bonchev–Trinajstić information content (AvgIpc) is 2.66. The lowest BCUT2D eigenvalue weighted by molar-refractivity contribution is -0.160. The molecule has 4 heteroatoms. The van der Waals surface area contributed by atoms with Gasteiger partial charge in [-0.25, -0.2) is 0 Å². The van der Waals surface area contributed by atoms with Crippen molar-refractivity contribution in [2.45, 2.75) is 116 Å². The normalized spacial score (nSPS) is 34.6. The second kappa shape index (κ2) is 8.48. The zero-order valence-corrected chi connectivity index (χ0v) is 20.5. The third-order valence-electron chi connectivity index (χ3n) is 8.73. The first kappa shape index (κ1) is 23.0. The van der Waals surface area contributed by atoms with Gasteiger partial charge in [-0.3, -0.25) is 4.79 Å². The molecule has 0 amide bonds. The molecule has 3 aliphatic rings. The van der Waals surface area contributed by atoms with Gasteiger partial charge in [-0.1, -0.05) is 58.8 Å². The van der Waals surface area contributed by atoms with E-state index in [1.807, 2.05) is 0 Å². The van der Waals surface area contributed by atoms with Crippen molar-refractivity contribution in [1.29, 1.82) is 0 Å². The number of rotatable bonds is 4. The van der Waals surface area contributed by atoms with Gasteiger partial charge >= 0.3 is 0 Å². The number of hydrogen-bond acceptors (Lipinski definition) is 3. The van der Waals surface area contributed by atoms with E-state index in [2.05, 4.69) is 52.6 Å². The van der Waals surface area contributed by atoms with Crippen molar-refractivity contribution in [2.75, 3.05) is 0 Å². The maximum absolute atomic E-state index is 12.4. The van der Waals surface area contributed by atoms with Gasteiger partial charge in [-0.2, -0.15) is 0 Å². The van der Waals surface area contributed by atoms with Gasteiger partial charge in [0.05, 0.1) is 12.0 Å². The van der Waals surface area contributed by atoms with E-state index in [0.717, 1.165) is 12.8 Å². The molecular formula is C25H42O3Si. The highest BCUT2D eigenvalue weighted by Crippen LogP contribution is 2.57. The van der Waals surface area contributed by atoms with Crippen LogP contribution in [0.3, 0.4) is 0 Å². The maximum Gasteiger partial charge on any atom is 0.193 e. The summed E-state index contributed by atoms with van der Waals surface area (Å²) in [7, 11) is -1.92. The first-order chi connectivity index (χ1) is 13.5. The Labute approximate surface area is 179 Å². The summed E-state index contributed by atoms with van der Waals surface area (Å²) in [5, 5.41) is 10.9. The molecule has 0 radical (unpaired) electrons. The SMILES string of the molecule is CCC12CCC(O)C(C#CC(O[Si](C)(C)C(C)(C)C)C3CCCCC3)C1CC2=O. The Balaban J connectivity index is 1.84. The molecule has 5 unspecified atom stereocenters. The van der Waals surface area contributed by atoms with E-state index in [-0.39, 0.29) is 28.4 Å². The van der Waals surface area contributed by atoms with Gasteiger partial charge in [-0.15, -0.1) is 0 Å². The molecule has 29 heavy (non-hydrogen) atoms. The maximum atomic E-state index is 12.4. The highest BCUT2D eigenvalue weighted by atomic mass is 28.4. The van der Waals surface area contributed by atoms with Crippen molar-refractivity contribution < 1.29 is 14.3 Å². The minimum atomic E-state index is -1.92. The molecule has 0 aromatic heterocycles. The van der Waals surface area contributed by atoms with Crippen LogP contribution in [0.2, 0.25) is 18.1 Å². The van der Waals surface area contributed by atoms with Crippen LogP contribution in [-0.2, 0) is 9.22 Å². The summed E-state index contributed by atoms with van der Waals surface area (Å²) in [5.74, 6) is 8.11. The largest absolute Gasteiger partial charge is 0.403 e. The molecule has 5 atom stereocenters. The summed E-state index contributed by atoms with van der Waals surface area (Å²) in [6.45, 7) is 13.6. The van der Waals surface area contributed by atoms with Crippen LogP contribution in [0.15, 0.2) is 0 Å². The van der Waals surface area contributed by atoms with Crippen LogP contribution in [0.5, 0.6) is 0 Å². The Hall–Kier alpha value is -0.633. The van der Waals surface area contributed by atoms with E-state index >= 15 is 0 Å². The smallest absolute Gasteiger partial charge is 0.193 e. The Bertz CT molecular complexity index is 662. The monoisotopic (exact) mass is 418 g/mol. The van der Waals surface area contributed by atoms with E-state index in [0.29, 0.717) is 24.5 Å². The second-order valence-corrected chi connectivity index (χ2v) is 16.1.